The topological polar surface area (TPSA) is 68.2 Å². The Morgan fingerprint density at radius 1 is 1.37 bits per heavy atom. The van der Waals surface area contributed by atoms with E-state index in [1.54, 1.807) is 10.7 Å². The van der Waals surface area contributed by atoms with E-state index in [2.05, 4.69) is 15.7 Å². The molecule has 1 amide bonds. The highest BCUT2D eigenvalue weighted by Crippen LogP contribution is 2.35. The van der Waals surface area contributed by atoms with E-state index in [4.69, 9.17) is 4.74 Å². The van der Waals surface area contributed by atoms with Gasteiger partial charge in [-0.15, -0.1) is 0 Å². The number of nitrogens with one attached hydrogen (secondary N) is 2. The quantitative estimate of drug-likeness (QED) is 0.857. The Balaban J connectivity index is 1.58. The summed E-state index contributed by atoms with van der Waals surface area (Å²) < 4.78 is 21.1. The smallest absolute Gasteiger partial charge is 0.225 e. The first kappa shape index (κ1) is 18.1. The first-order valence-electron chi connectivity index (χ1n) is 9.42. The van der Waals surface area contributed by atoms with Crippen molar-refractivity contribution in [2.45, 2.75) is 24.3 Å². The average Bonchev–Trinajstić information content (AvgIpc) is 3.31. The molecular formula is C20H25FN4O2. The maximum Gasteiger partial charge on any atom is 0.225 e. The van der Waals surface area contributed by atoms with Crippen molar-refractivity contribution in [2.24, 2.45) is 13.0 Å². The fourth-order valence-electron chi connectivity index (χ4n) is 4.26. The van der Waals surface area contributed by atoms with Gasteiger partial charge in [0, 0.05) is 45.5 Å². The molecule has 6 nitrogen and oxygen atoms in total. The van der Waals surface area contributed by atoms with Gasteiger partial charge in [-0.2, -0.15) is 5.10 Å². The molecule has 4 rings (SSSR count). The number of aromatic nitrogens is 2. The fraction of sp³-hybridized carbons (Fsp3) is 0.500. The van der Waals surface area contributed by atoms with E-state index in [0.717, 1.165) is 17.7 Å². The second kappa shape index (κ2) is 7.40. The van der Waals surface area contributed by atoms with Gasteiger partial charge in [-0.25, -0.2) is 4.39 Å². The molecule has 144 valence electrons. The SMILES string of the molecule is Cn1cc([C@H]2CNC[C@@H]2C(=O)NC2(c3cccc(F)c3)CCOCC2)cn1. The molecule has 0 unspecified atom stereocenters. The van der Waals surface area contributed by atoms with Gasteiger partial charge in [-0.1, -0.05) is 12.1 Å². The number of halogens is 1. The molecule has 1 aromatic heterocycles. The number of aryl methyl sites for hydroxylation is 1. The molecule has 2 fully saturated rings. The van der Waals surface area contributed by atoms with Crippen molar-refractivity contribution in [3.8, 4) is 0 Å². The minimum absolute atomic E-state index is 0.0000132. The summed E-state index contributed by atoms with van der Waals surface area (Å²) in [4.78, 5) is 13.3. The van der Waals surface area contributed by atoms with Crippen LogP contribution in [0.3, 0.4) is 0 Å². The Labute approximate surface area is 158 Å². The van der Waals surface area contributed by atoms with Crippen molar-refractivity contribution in [1.82, 2.24) is 20.4 Å². The molecule has 2 N–H and O–H groups in total. The van der Waals surface area contributed by atoms with Gasteiger partial charge < -0.3 is 15.4 Å². The molecule has 2 aromatic rings. The van der Waals surface area contributed by atoms with Gasteiger partial charge in [-0.05, 0) is 36.1 Å². The summed E-state index contributed by atoms with van der Waals surface area (Å²) in [5, 5.41) is 10.8. The molecule has 1 aromatic carbocycles. The molecule has 0 aliphatic carbocycles. The van der Waals surface area contributed by atoms with Gasteiger partial charge in [0.25, 0.3) is 0 Å². The van der Waals surface area contributed by atoms with Crippen LogP contribution in [0.25, 0.3) is 0 Å². The molecule has 27 heavy (non-hydrogen) atoms. The van der Waals surface area contributed by atoms with Crippen molar-refractivity contribution in [2.75, 3.05) is 26.3 Å². The Hall–Kier alpha value is -2.25. The van der Waals surface area contributed by atoms with Crippen LogP contribution in [0.15, 0.2) is 36.7 Å². The standard InChI is InChI=1S/C20H25FN4O2/c1-25-13-14(10-23-25)17-11-22-12-18(17)19(26)24-20(5-7-27-8-6-20)15-3-2-4-16(21)9-15/h2-4,9-10,13,17-18,22H,5-8,11-12H2,1H3,(H,24,26)/t17-,18+/m1/s1. The highest BCUT2D eigenvalue weighted by molar-refractivity contribution is 5.81. The van der Waals surface area contributed by atoms with Gasteiger partial charge in [0.15, 0.2) is 0 Å². The van der Waals surface area contributed by atoms with Crippen molar-refractivity contribution < 1.29 is 13.9 Å². The molecule has 0 saturated carbocycles. The number of carbonyl (C=O) groups is 1. The number of hydrogen-bond acceptors (Lipinski definition) is 4. The van der Waals surface area contributed by atoms with Gasteiger partial charge >= 0.3 is 0 Å². The zero-order valence-corrected chi connectivity index (χ0v) is 15.5. The van der Waals surface area contributed by atoms with Crippen LogP contribution in [0, 0.1) is 11.7 Å². The van der Waals surface area contributed by atoms with E-state index in [9.17, 15) is 9.18 Å². The predicted octanol–water partition coefficient (Wildman–Crippen LogP) is 1.68. The Morgan fingerprint density at radius 2 is 2.19 bits per heavy atom. The van der Waals surface area contributed by atoms with Crippen LogP contribution in [0.1, 0.15) is 29.9 Å². The summed E-state index contributed by atoms with van der Waals surface area (Å²) in [7, 11) is 1.88. The molecular weight excluding hydrogens is 347 g/mol. The molecule has 2 saturated heterocycles. The average molecular weight is 372 g/mol. The largest absolute Gasteiger partial charge is 0.381 e. The fourth-order valence-corrected chi connectivity index (χ4v) is 4.26. The lowest BCUT2D eigenvalue weighted by molar-refractivity contribution is -0.128. The highest BCUT2D eigenvalue weighted by Gasteiger charge is 2.41. The van der Waals surface area contributed by atoms with E-state index in [0.29, 0.717) is 32.6 Å². The Kier molecular flexibility index (Phi) is 4.97. The van der Waals surface area contributed by atoms with Crippen molar-refractivity contribution in [1.29, 1.82) is 0 Å². The molecule has 0 bridgehead atoms. The lowest BCUT2D eigenvalue weighted by Gasteiger charge is -2.39. The summed E-state index contributed by atoms with van der Waals surface area (Å²) in [6.07, 6.45) is 5.07. The molecule has 0 spiro atoms. The third-order valence-corrected chi connectivity index (χ3v) is 5.79. The minimum Gasteiger partial charge on any atom is -0.381 e. The predicted molar refractivity (Wildman–Crippen MR) is 98.6 cm³/mol. The Morgan fingerprint density at radius 3 is 2.89 bits per heavy atom. The van der Waals surface area contributed by atoms with Gasteiger partial charge in [0.05, 0.1) is 17.7 Å². The third kappa shape index (κ3) is 3.61. The van der Waals surface area contributed by atoms with E-state index in [1.165, 1.54) is 12.1 Å². The van der Waals surface area contributed by atoms with Crippen molar-refractivity contribution >= 4 is 5.91 Å². The number of carbonyl (C=O) groups excluding carboxylic acids is 1. The highest BCUT2D eigenvalue weighted by atomic mass is 19.1. The summed E-state index contributed by atoms with van der Waals surface area (Å²) in [5.74, 6) is -0.381. The Bertz CT molecular complexity index is 816. The van der Waals surface area contributed by atoms with Crippen LogP contribution in [0.5, 0.6) is 0 Å². The zero-order chi connectivity index (χ0) is 18.9. The number of hydrogen-bond donors (Lipinski definition) is 2. The van der Waals surface area contributed by atoms with Crippen LogP contribution in [-0.2, 0) is 22.1 Å². The molecule has 3 heterocycles. The second-order valence-electron chi connectivity index (χ2n) is 7.51. The summed E-state index contributed by atoms with van der Waals surface area (Å²) in [5.41, 5.74) is 1.29. The van der Waals surface area contributed by atoms with Gasteiger partial charge in [0.1, 0.15) is 5.82 Å². The third-order valence-electron chi connectivity index (χ3n) is 5.79. The maximum absolute atomic E-state index is 13.9. The van der Waals surface area contributed by atoms with E-state index in [-0.39, 0.29) is 23.6 Å². The number of ether oxygens (including phenoxy) is 1. The lowest BCUT2D eigenvalue weighted by Crippen LogP contribution is -2.52. The maximum atomic E-state index is 13.9. The molecule has 2 aliphatic heterocycles. The zero-order valence-electron chi connectivity index (χ0n) is 15.5. The molecule has 0 radical (unpaired) electrons. The number of benzene rings is 1. The summed E-state index contributed by atoms with van der Waals surface area (Å²) in [6.45, 7) is 2.47. The van der Waals surface area contributed by atoms with E-state index < -0.39 is 5.54 Å². The number of rotatable bonds is 4. The monoisotopic (exact) mass is 372 g/mol. The van der Waals surface area contributed by atoms with Crippen LogP contribution >= 0.6 is 0 Å². The number of amides is 1. The lowest BCUT2D eigenvalue weighted by atomic mass is 9.81. The van der Waals surface area contributed by atoms with Crippen molar-refractivity contribution in [3.63, 3.8) is 0 Å². The van der Waals surface area contributed by atoms with Crippen LogP contribution in [-0.4, -0.2) is 42.0 Å². The second-order valence-corrected chi connectivity index (χ2v) is 7.51. The molecule has 2 aliphatic rings. The van der Waals surface area contributed by atoms with Crippen molar-refractivity contribution in [3.05, 3.63) is 53.6 Å². The van der Waals surface area contributed by atoms with Crippen LogP contribution in [0.2, 0.25) is 0 Å². The van der Waals surface area contributed by atoms with Crippen LogP contribution in [0.4, 0.5) is 4.39 Å². The van der Waals surface area contributed by atoms with Crippen LogP contribution < -0.4 is 10.6 Å². The summed E-state index contributed by atoms with van der Waals surface area (Å²) >= 11 is 0. The van der Waals surface area contributed by atoms with Gasteiger partial charge in [0.2, 0.25) is 5.91 Å². The minimum atomic E-state index is -0.584. The van der Waals surface area contributed by atoms with E-state index >= 15 is 0 Å². The normalized spacial score (nSPS) is 24.7. The first-order valence-corrected chi connectivity index (χ1v) is 9.42. The number of nitrogens with zero attached hydrogens (tertiary/aromatic N) is 2. The molecule has 7 heteroatoms. The summed E-state index contributed by atoms with van der Waals surface area (Å²) in [6, 6.07) is 6.54. The van der Waals surface area contributed by atoms with Gasteiger partial charge in [-0.3, -0.25) is 9.48 Å². The van der Waals surface area contributed by atoms with E-state index in [1.807, 2.05) is 25.5 Å². The molecule has 2 atom stereocenters. The first-order chi connectivity index (χ1) is 13.1.